The standard InChI is InChI=1S/C11H21NO3.C2H6/c1-5-10(2,3)15-12-14-9-6-7-11(4,13)8-9;1-2/h6,12-13H,5,7-8H2,1-4H3;1-2H3. The predicted octanol–water partition coefficient (Wildman–Crippen LogP) is 3.08. The molecule has 2 N–H and O–H groups in total. The van der Waals surface area contributed by atoms with Gasteiger partial charge in [-0.1, -0.05) is 20.8 Å². The van der Waals surface area contributed by atoms with Crippen molar-refractivity contribution in [3.8, 4) is 0 Å². The molecule has 0 aliphatic heterocycles. The number of nitrogens with one attached hydrogen (secondary N) is 1. The average molecular weight is 245 g/mol. The van der Waals surface area contributed by atoms with Crippen LogP contribution < -0.4 is 5.64 Å². The van der Waals surface area contributed by atoms with Crippen molar-refractivity contribution in [1.29, 1.82) is 0 Å². The molecule has 0 saturated heterocycles. The third-order valence-corrected chi connectivity index (χ3v) is 2.67. The van der Waals surface area contributed by atoms with E-state index in [2.05, 4.69) is 5.64 Å². The Balaban J connectivity index is 0.00000121. The Labute approximate surface area is 105 Å². The van der Waals surface area contributed by atoms with E-state index in [-0.39, 0.29) is 5.60 Å². The fourth-order valence-electron chi connectivity index (χ4n) is 1.19. The normalized spacial score (nSPS) is 23.8. The minimum absolute atomic E-state index is 0.248. The van der Waals surface area contributed by atoms with Gasteiger partial charge < -0.3 is 9.94 Å². The van der Waals surface area contributed by atoms with Crippen LogP contribution in [0.1, 0.15) is 60.8 Å². The minimum Gasteiger partial charge on any atom is -0.389 e. The lowest BCUT2D eigenvalue weighted by atomic mass is 10.1. The van der Waals surface area contributed by atoms with Crippen molar-refractivity contribution in [2.75, 3.05) is 0 Å². The van der Waals surface area contributed by atoms with Crippen molar-refractivity contribution in [3.05, 3.63) is 11.8 Å². The molecule has 102 valence electrons. The molecule has 1 rings (SSSR count). The lowest BCUT2D eigenvalue weighted by molar-refractivity contribution is -0.211. The predicted molar refractivity (Wildman–Crippen MR) is 69.0 cm³/mol. The van der Waals surface area contributed by atoms with Crippen LogP contribution in [0.5, 0.6) is 0 Å². The molecule has 0 amide bonds. The van der Waals surface area contributed by atoms with E-state index in [4.69, 9.17) is 9.68 Å². The topological polar surface area (TPSA) is 50.7 Å². The van der Waals surface area contributed by atoms with Gasteiger partial charge in [-0.15, -0.1) is 0 Å². The molecule has 0 spiro atoms. The number of rotatable bonds is 5. The molecule has 1 aliphatic rings. The van der Waals surface area contributed by atoms with Gasteiger partial charge in [0.1, 0.15) is 5.76 Å². The molecule has 0 radical (unpaired) electrons. The molecule has 0 aromatic rings. The summed E-state index contributed by atoms with van der Waals surface area (Å²) < 4.78 is 0. The van der Waals surface area contributed by atoms with E-state index in [0.717, 1.165) is 12.2 Å². The third-order valence-electron chi connectivity index (χ3n) is 2.67. The molecule has 0 bridgehead atoms. The lowest BCUT2D eigenvalue weighted by Gasteiger charge is -2.23. The highest BCUT2D eigenvalue weighted by Crippen LogP contribution is 2.28. The van der Waals surface area contributed by atoms with Crippen LogP contribution in [-0.4, -0.2) is 16.3 Å². The van der Waals surface area contributed by atoms with Crippen molar-refractivity contribution in [2.45, 2.75) is 72.0 Å². The molecule has 0 aromatic heterocycles. The maximum atomic E-state index is 9.67. The molecular weight excluding hydrogens is 218 g/mol. The first-order valence-corrected chi connectivity index (χ1v) is 6.36. The molecule has 0 heterocycles. The highest BCUT2D eigenvalue weighted by Gasteiger charge is 2.28. The maximum Gasteiger partial charge on any atom is 0.126 e. The number of hydrogen-bond acceptors (Lipinski definition) is 4. The van der Waals surface area contributed by atoms with Gasteiger partial charge >= 0.3 is 0 Å². The van der Waals surface area contributed by atoms with E-state index in [1.807, 2.05) is 40.7 Å². The van der Waals surface area contributed by atoms with Gasteiger partial charge in [-0.2, -0.15) is 0 Å². The van der Waals surface area contributed by atoms with Crippen molar-refractivity contribution in [2.24, 2.45) is 0 Å². The summed E-state index contributed by atoms with van der Waals surface area (Å²) in [4.78, 5) is 10.5. The Hall–Kier alpha value is -0.580. The highest BCUT2D eigenvalue weighted by atomic mass is 16.9. The molecule has 1 aliphatic carbocycles. The Morgan fingerprint density at radius 2 is 2.06 bits per heavy atom. The Morgan fingerprint density at radius 3 is 2.47 bits per heavy atom. The maximum absolute atomic E-state index is 9.67. The molecule has 0 fully saturated rings. The largest absolute Gasteiger partial charge is 0.389 e. The quantitative estimate of drug-likeness (QED) is 0.731. The zero-order valence-electron chi connectivity index (χ0n) is 12.0. The highest BCUT2D eigenvalue weighted by molar-refractivity contribution is 5.08. The lowest BCUT2D eigenvalue weighted by Crippen LogP contribution is -2.31. The van der Waals surface area contributed by atoms with E-state index in [0.29, 0.717) is 12.8 Å². The van der Waals surface area contributed by atoms with Gasteiger partial charge in [0.05, 0.1) is 11.2 Å². The first-order valence-electron chi connectivity index (χ1n) is 6.36. The van der Waals surface area contributed by atoms with Gasteiger partial charge in [0.15, 0.2) is 0 Å². The SMILES string of the molecule is CC.CCC(C)(C)ONOC1=CCC(C)(O)C1. The van der Waals surface area contributed by atoms with Crippen LogP contribution >= 0.6 is 0 Å². The average Bonchev–Trinajstić information content (AvgIpc) is 2.61. The van der Waals surface area contributed by atoms with Gasteiger partial charge in [-0.3, -0.25) is 4.84 Å². The number of aliphatic hydroxyl groups is 1. The first kappa shape index (κ1) is 16.4. The van der Waals surface area contributed by atoms with Crippen molar-refractivity contribution in [3.63, 3.8) is 0 Å². The van der Waals surface area contributed by atoms with Crippen LogP contribution in [0.15, 0.2) is 11.8 Å². The summed E-state index contributed by atoms with van der Waals surface area (Å²) >= 11 is 0. The minimum atomic E-state index is -0.669. The monoisotopic (exact) mass is 245 g/mol. The molecule has 17 heavy (non-hydrogen) atoms. The van der Waals surface area contributed by atoms with Crippen LogP contribution in [0, 0.1) is 0 Å². The fourth-order valence-corrected chi connectivity index (χ4v) is 1.19. The van der Waals surface area contributed by atoms with E-state index in [1.165, 1.54) is 0 Å². The van der Waals surface area contributed by atoms with E-state index >= 15 is 0 Å². The van der Waals surface area contributed by atoms with Crippen LogP contribution in [0.2, 0.25) is 0 Å². The molecule has 0 aromatic carbocycles. The van der Waals surface area contributed by atoms with Crippen molar-refractivity contribution >= 4 is 0 Å². The van der Waals surface area contributed by atoms with Gasteiger partial charge in [0.2, 0.25) is 0 Å². The van der Waals surface area contributed by atoms with Crippen molar-refractivity contribution in [1.82, 2.24) is 5.64 Å². The van der Waals surface area contributed by atoms with E-state index < -0.39 is 5.60 Å². The zero-order chi connectivity index (χ0) is 13.5. The van der Waals surface area contributed by atoms with Gasteiger partial charge in [-0.25, -0.2) is 0 Å². The zero-order valence-corrected chi connectivity index (χ0v) is 12.0. The van der Waals surface area contributed by atoms with Gasteiger partial charge in [0.25, 0.3) is 0 Å². The smallest absolute Gasteiger partial charge is 0.126 e. The Morgan fingerprint density at radius 1 is 1.47 bits per heavy atom. The van der Waals surface area contributed by atoms with E-state index in [9.17, 15) is 5.11 Å². The summed E-state index contributed by atoms with van der Waals surface area (Å²) in [6, 6.07) is 0. The van der Waals surface area contributed by atoms with Crippen LogP contribution in [-0.2, 0) is 9.68 Å². The van der Waals surface area contributed by atoms with Gasteiger partial charge in [0, 0.05) is 6.42 Å². The summed E-state index contributed by atoms with van der Waals surface area (Å²) in [6.07, 6.45) is 3.91. The molecule has 1 atom stereocenters. The van der Waals surface area contributed by atoms with Crippen molar-refractivity contribution < 1.29 is 14.8 Å². The second kappa shape index (κ2) is 6.99. The van der Waals surface area contributed by atoms with Gasteiger partial charge in [-0.05, 0) is 45.3 Å². The van der Waals surface area contributed by atoms with Crippen LogP contribution in [0.4, 0.5) is 0 Å². The third kappa shape index (κ3) is 6.66. The number of hydrogen-bond donors (Lipinski definition) is 2. The first-order chi connectivity index (χ1) is 7.85. The molecule has 1 unspecified atom stereocenters. The summed E-state index contributed by atoms with van der Waals surface area (Å²) in [5.41, 5.74) is 1.56. The summed E-state index contributed by atoms with van der Waals surface area (Å²) in [5.74, 6) is 0.729. The Kier molecular flexibility index (Phi) is 6.75. The molecule has 0 saturated carbocycles. The second-order valence-electron chi connectivity index (χ2n) is 4.95. The molecule has 4 heteroatoms. The molecule has 4 nitrogen and oxygen atoms in total. The fraction of sp³-hybridized carbons (Fsp3) is 0.846. The summed E-state index contributed by atoms with van der Waals surface area (Å²) in [7, 11) is 0. The summed E-state index contributed by atoms with van der Waals surface area (Å²) in [6.45, 7) is 11.8. The van der Waals surface area contributed by atoms with E-state index in [1.54, 1.807) is 6.92 Å². The van der Waals surface area contributed by atoms with Crippen LogP contribution in [0.3, 0.4) is 0 Å². The Bertz CT molecular complexity index is 247. The summed E-state index contributed by atoms with van der Waals surface area (Å²) in [5, 5.41) is 9.67. The van der Waals surface area contributed by atoms with Crippen LogP contribution in [0.25, 0.3) is 0 Å². The molecular formula is C13H27NO3. The second-order valence-corrected chi connectivity index (χ2v) is 4.95.